The van der Waals surface area contributed by atoms with E-state index < -0.39 is 10.0 Å². The van der Waals surface area contributed by atoms with Gasteiger partial charge < -0.3 is 4.74 Å². The maximum atomic E-state index is 12.7. The molecule has 1 aromatic carbocycles. The van der Waals surface area contributed by atoms with Crippen molar-refractivity contribution in [2.45, 2.75) is 18.4 Å². The van der Waals surface area contributed by atoms with Gasteiger partial charge in [-0.3, -0.25) is 9.13 Å². The monoisotopic (exact) mass is 376 g/mol. The Morgan fingerprint density at radius 3 is 2.62 bits per heavy atom. The number of hydrogen-bond acceptors (Lipinski definition) is 5. The molecule has 0 unspecified atom stereocenters. The van der Waals surface area contributed by atoms with E-state index in [0.717, 1.165) is 0 Å². The fraction of sp³-hybridized carbons (Fsp3) is 0.294. The Kier molecular flexibility index (Phi) is 4.84. The molecule has 0 spiro atoms. The first-order valence-corrected chi connectivity index (χ1v) is 9.55. The number of rotatable bonds is 6. The van der Waals surface area contributed by atoms with Crippen molar-refractivity contribution in [2.75, 3.05) is 6.61 Å². The summed E-state index contributed by atoms with van der Waals surface area (Å²) in [7, 11) is -0.503. The van der Waals surface area contributed by atoms with Crippen LogP contribution in [0, 0.1) is 0 Å². The third-order valence-electron chi connectivity index (χ3n) is 4.14. The van der Waals surface area contributed by atoms with Gasteiger partial charge in [-0.2, -0.15) is 0 Å². The predicted octanol–water partition coefficient (Wildman–Crippen LogP) is 1.15. The van der Waals surface area contributed by atoms with E-state index >= 15 is 0 Å². The van der Waals surface area contributed by atoms with Crippen LogP contribution in [-0.2, 0) is 30.7 Å². The third-order valence-corrected chi connectivity index (χ3v) is 5.54. The molecule has 0 bridgehead atoms. The van der Waals surface area contributed by atoms with Gasteiger partial charge in [0.05, 0.1) is 22.5 Å². The second-order valence-electron chi connectivity index (χ2n) is 5.78. The topological polar surface area (TPSA) is 95.2 Å². The zero-order valence-corrected chi connectivity index (χ0v) is 15.6. The summed E-state index contributed by atoms with van der Waals surface area (Å²) in [6, 6.07) is 8.08. The highest BCUT2D eigenvalue weighted by Gasteiger charge is 2.18. The maximum Gasteiger partial charge on any atom is 0.328 e. The number of nitrogens with one attached hydrogen (secondary N) is 1. The lowest BCUT2D eigenvalue weighted by molar-refractivity contribution is 0.322. The first-order chi connectivity index (χ1) is 12.3. The highest BCUT2D eigenvalue weighted by molar-refractivity contribution is 7.89. The van der Waals surface area contributed by atoms with Crippen LogP contribution >= 0.6 is 0 Å². The molecule has 0 amide bonds. The van der Waals surface area contributed by atoms with Crippen LogP contribution < -0.4 is 15.1 Å². The molecule has 0 fully saturated rings. The zero-order valence-electron chi connectivity index (χ0n) is 14.8. The highest BCUT2D eigenvalue weighted by Crippen LogP contribution is 2.19. The Balaban J connectivity index is 1.90. The van der Waals surface area contributed by atoms with Crippen molar-refractivity contribution in [3.8, 4) is 5.88 Å². The SMILES string of the molecule is CCOc1ncccc1CNS(=O)(=O)c1ccc2c(c1)n(C)c(=O)n2C. The Bertz CT molecular complexity index is 1120. The van der Waals surface area contributed by atoms with E-state index in [1.54, 1.807) is 38.5 Å². The predicted molar refractivity (Wildman–Crippen MR) is 97.6 cm³/mol. The summed E-state index contributed by atoms with van der Waals surface area (Å²) < 4.78 is 36.2. The summed E-state index contributed by atoms with van der Waals surface area (Å²) in [4.78, 5) is 16.2. The number of fused-ring (bicyclic) bond motifs is 1. The average Bonchev–Trinajstić information content (AvgIpc) is 2.85. The van der Waals surface area contributed by atoms with Gasteiger partial charge in [-0.15, -0.1) is 0 Å². The Hall–Kier alpha value is -2.65. The lowest BCUT2D eigenvalue weighted by Gasteiger charge is -2.10. The Labute approximate surface area is 151 Å². The van der Waals surface area contributed by atoms with Crippen LogP contribution in [0.3, 0.4) is 0 Å². The molecule has 0 saturated heterocycles. The molecular weight excluding hydrogens is 356 g/mol. The van der Waals surface area contributed by atoms with Gasteiger partial charge in [0, 0.05) is 32.4 Å². The van der Waals surface area contributed by atoms with Crippen molar-refractivity contribution in [3.05, 3.63) is 52.6 Å². The number of sulfonamides is 1. The van der Waals surface area contributed by atoms with E-state index in [-0.39, 0.29) is 17.1 Å². The van der Waals surface area contributed by atoms with Gasteiger partial charge in [0.15, 0.2) is 0 Å². The molecule has 0 aliphatic rings. The minimum absolute atomic E-state index is 0.0528. The minimum atomic E-state index is -3.76. The van der Waals surface area contributed by atoms with Crippen molar-refractivity contribution in [2.24, 2.45) is 14.1 Å². The number of aromatic nitrogens is 3. The van der Waals surface area contributed by atoms with Gasteiger partial charge in [-0.1, -0.05) is 6.07 Å². The molecule has 0 aliphatic heterocycles. The number of benzene rings is 1. The van der Waals surface area contributed by atoms with E-state index in [9.17, 15) is 13.2 Å². The minimum Gasteiger partial charge on any atom is -0.478 e. The number of nitrogens with zero attached hydrogens (tertiary/aromatic N) is 3. The summed E-state index contributed by atoms with van der Waals surface area (Å²) in [6.07, 6.45) is 1.59. The largest absolute Gasteiger partial charge is 0.478 e. The van der Waals surface area contributed by atoms with Gasteiger partial charge >= 0.3 is 5.69 Å². The molecule has 0 aliphatic carbocycles. The molecule has 9 heteroatoms. The van der Waals surface area contributed by atoms with Crippen molar-refractivity contribution in [1.82, 2.24) is 18.8 Å². The summed E-state index contributed by atoms with van der Waals surface area (Å²) in [6.45, 7) is 2.33. The van der Waals surface area contributed by atoms with Crippen LogP contribution in [0.4, 0.5) is 0 Å². The van der Waals surface area contributed by atoms with Gasteiger partial charge in [0.25, 0.3) is 0 Å². The van der Waals surface area contributed by atoms with E-state index in [1.807, 2.05) is 6.92 Å². The van der Waals surface area contributed by atoms with Crippen molar-refractivity contribution in [1.29, 1.82) is 0 Å². The van der Waals surface area contributed by atoms with E-state index in [4.69, 9.17) is 4.74 Å². The number of pyridine rings is 1. The zero-order chi connectivity index (χ0) is 18.9. The van der Waals surface area contributed by atoms with Crippen molar-refractivity contribution >= 4 is 21.1 Å². The lowest BCUT2D eigenvalue weighted by Crippen LogP contribution is -2.23. The maximum absolute atomic E-state index is 12.7. The van der Waals surface area contributed by atoms with Gasteiger partial charge in [0.1, 0.15) is 0 Å². The smallest absolute Gasteiger partial charge is 0.328 e. The Morgan fingerprint density at radius 2 is 1.88 bits per heavy atom. The fourth-order valence-corrected chi connectivity index (χ4v) is 3.76. The Morgan fingerprint density at radius 1 is 1.15 bits per heavy atom. The summed E-state index contributed by atoms with van der Waals surface area (Å²) in [5.74, 6) is 0.401. The molecule has 26 heavy (non-hydrogen) atoms. The molecule has 3 aromatic rings. The van der Waals surface area contributed by atoms with E-state index in [1.165, 1.54) is 21.3 Å². The van der Waals surface area contributed by atoms with Crippen LogP contribution in [0.2, 0.25) is 0 Å². The summed E-state index contributed by atoms with van der Waals surface area (Å²) in [5, 5.41) is 0. The molecule has 2 aromatic heterocycles. The molecule has 3 rings (SSSR count). The molecule has 1 N–H and O–H groups in total. The van der Waals surface area contributed by atoms with Crippen LogP contribution in [0.25, 0.3) is 11.0 Å². The first-order valence-electron chi connectivity index (χ1n) is 8.07. The molecule has 0 atom stereocenters. The normalized spacial score (nSPS) is 11.8. The second kappa shape index (κ2) is 6.93. The van der Waals surface area contributed by atoms with Crippen molar-refractivity contribution in [3.63, 3.8) is 0 Å². The lowest BCUT2D eigenvalue weighted by atomic mass is 10.3. The van der Waals surface area contributed by atoms with Gasteiger partial charge in [0.2, 0.25) is 15.9 Å². The second-order valence-corrected chi connectivity index (χ2v) is 7.54. The standard InChI is InChI=1S/C17H20N4O4S/c1-4-25-16-12(6-5-9-18-16)11-19-26(23,24)13-7-8-14-15(10-13)21(3)17(22)20(14)2/h5-10,19H,4,11H2,1-3H3. The number of ether oxygens (including phenoxy) is 1. The van der Waals surface area contributed by atoms with Gasteiger partial charge in [-0.05, 0) is 31.2 Å². The summed E-state index contributed by atoms with van der Waals surface area (Å²) >= 11 is 0. The average molecular weight is 376 g/mol. The van der Waals surface area contributed by atoms with E-state index in [2.05, 4.69) is 9.71 Å². The van der Waals surface area contributed by atoms with Crippen molar-refractivity contribution < 1.29 is 13.2 Å². The molecule has 0 radical (unpaired) electrons. The van der Waals surface area contributed by atoms with Gasteiger partial charge in [-0.25, -0.2) is 22.9 Å². The molecule has 8 nitrogen and oxygen atoms in total. The molecule has 2 heterocycles. The van der Waals surface area contributed by atoms with Crippen LogP contribution in [0.5, 0.6) is 5.88 Å². The first kappa shape index (κ1) is 18.2. The highest BCUT2D eigenvalue weighted by atomic mass is 32.2. The van der Waals surface area contributed by atoms with E-state index in [0.29, 0.717) is 29.1 Å². The molecular formula is C17H20N4O4S. The number of aryl methyl sites for hydroxylation is 2. The number of hydrogen-bond donors (Lipinski definition) is 1. The van der Waals surface area contributed by atoms with Crippen LogP contribution in [-0.4, -0.2) is 29.1 Å². The summed E-state index contributed by atoms with van der Waals surface area (Å²) in [5.41, 5.74) is 1.66. The van der Waals surface area contributed by atoms with Crippen LogP contribution in [0.15, 0.2) is 46.2 Å². The molecule has 0 saturated carbocycles. The molecule has 138 valence electrons. The van der Waals surface area contributed by atoms with Crippen LogP contribution in [0.1, 0.15) is 12.5 Å². The third kappa shape index (κ3) is 3.23. The fourth-order valence-electron chi connectivity index (χ4n) is 2.74. The number of imidazole rings is 1. The quantitative estimate of drug-likeness (QED) is 0.696.